The SMILES string of the molecule is CC(O)c1[c]nn[nH]1. The molecule has 1 atom stereocenters. The van der Waals surface area contributed by atoms with Gasteiger partial charge in [0, 0.05) is 0 Å². The minimum atomic E-state index is -0.551. The van der Waals surface area contributed by atoms with E-state index in [-0.39, 0.29) is 0 Å². The number of rotatable bonds is 1. The van der Waals surface area contributed by atoms with E-state index in [2.05, 4.69) is 21.6 Å². The second-order valence-corrected chi connectivity index (χ2v) is 1.51. The van der Waals surface area contributed by atoms with Gasteiger partial charge in [-0.15, -0.1) is 5.10 Å². The van der Waals surface area contributed by atoms with Crippen LogP contribution in [0.3, 0.4) is 0 Å². The summed E-state index contributed by atoms with van der Waals surface area (Å²) < 4.78 is 0. The summed E-state index contributed by atoms with van der Waals surface area (Å²) in [4.78, 5) is 0. The van der Waals surface area contributed by atoms with Crippen LogP contribution >= 0.6 is 0 Å². The van der Waals surface area contributed by atoms with Crippen LogP contribution in [0.4, 0.5) is 0 Å². The maximum Gasteiger partial charge on any atom is 0.140 e. The number of hydrogen-bond donors (Lipinski definition) is 2. The van der Waals surface area contributed by atoms with Crippen molar-refractivity contribution in [3.63, 3.8) is 0 Å². The van der Waals surface area contributed by atoms with Gasteiger partial charge >= 0.3 is 0 Å². The van der Waals surface area contributed by atoms with Crippen molar-refractivity contribution in [2.45, 2.75) is 13.0 Å². The van der Waals surface area contributed by atoms with Crippen LogP contribution in [-0.4, -0.2) is 20.5 Å². The summed E-state index contributed by atoms with van der Waals surface area (Å²) >= 11 is 0. The Labute approximate surface area is 46.5 Å². The molecule has 0 aliphatic rings. The average molecular weight is 112 g/mol. The molecule has 0 saturated carbocycles. The van der Waals surface area contributed by atoms with Gasteiger partial charge in [-0.2, -0.15) is 0 Å². The summed E-state index contributed by atoms with van der Waals surface area (Å²) in [5.41, 5.74) is 0.519. The molecule has 0 saturated heterocycles. The number of aliphatic hydroxyl groups is 1. The minimum absolute atomic E-state index is 0.519. The van der Waals surface area contributed by atoms with Crippen LogP contribution in [-0.2, 0) is 0 Å². The third-order valence-corrected chi connectivity index (χ3v) is 0.809. The van der Waals surface area contributed by atoms with E-state index in [1.54, 1.807) is 6.92 Å². The Morgan fingerprint density at radius 1 is 1.88 bits per heavy atom. The van der Waals surface area contributed by atoms with Crippen molar-refractivity contribution in [1.29, 1.82) is 0 Å². The lowest BCUT2D eigenvalue weighted by molar-refractivity contribution is 0.194. The third-order valence-electron chi connectivity index (χ3n) is 0.809. The van der Waals surface area contributed by atoms with Crippen molar-refractivity contribution in [2.24, 2.45) is 0 Å². The number of hydrogen-bond acceptors (Lipinski definition) is 3. The van der Waals surface area contributed by atoms with Gasteiger partial charge in [-0.25, -0.2) is 0 Å². The second-order valence-electron chi connectivity index (χ2n) is 1.51. The van der Waals surface area contributed by atoms with E-state index in [9.17, 15) is 0 Å². The van der Waals surface area contributed by atoms with Gasteiger partial charge in [0.15, 0.2) is 0 Å². The van der Waals surface area contributed by atoms with E-state index < -0.39 is 6.10 Å². The highest BCUT2D eigenvalue weighted by Gasteiger charge is 2.00. The summed E-state index contributed by atoms with van der Waals surface area (Å²) in [6, 6.07) is 0. The van der Waals surface area contributed by atoms with Crippen molar-refractivity contribution < 1.29 is 5.11 Å². The van der Waals surface area contributed by atoms with Crippen LogP contribution in [0.25, 0.3) is 0 Å². The van der Waals surface area contributed by atoms with Gasteiger partial charge in [0.05, 0.1) is 11.8 Å². The molecule has 0 bridgehead atoms. The monoisotopic (exact) mass is 112 g/mol. The zero-order valence-corrected chi connectivity index (χ0v) is 4.42. The zero-order valence-electron chi connectivity index (χ0n) is 4.42. The molecule has 0 aliphatic heterocycles. The van der Waals surface area contributed by atoms with Gasteiger partial charge in [-0.1, -0.05) is 5.21 Å². The summed E-state index contributed by atoms with van der Waals surface area (Å²) in [6.07, 6.45) is 1.92. The molecule has 1 heterocycles. The Kier molecular flexibility index (Phi) is 1.26. The molecule has 8 heavy (non-hydrogen) atoms. The fraction of sp³-hybridized carbons (Fsp3) is 0.500. The molecule has 1 aromatic heterocycles. The first-order valence-corrected chi connectivity index (χ1v) is 2.27. The standard InChI is InChI=1S/C4H6N3O/c1-3(8)4-2-5-7-6-4/h3,8H,1H3,(H,5,6,7). The average Bonchev–Trinajstić information content (AvgIpc) is 2.12. The zero-order chi connectivity index (χ0) is 5.98. The molecule has 4 nitrogen and oxygen atoms in total. The van der Waals surface area contributed by atoms with Gasteiger partial charge in [-0.05, 0) is 6.92 Å². The quantitative estimate of drug-likeness (QED) is 0.522. The van der Waals surface area contributed by atoms with E-state index in [4.69, 9.17) is 5.11 Å². The molecule has 0 amide bonds. The first-order valence-electron chi connectivity index (χ1n) is 2.27. The molecule has 2 N–H and O–H groups in total. The van der Waals surface area contributed by atoms with Crippen LogP contribution < -0.4 is 0 Å². The Balaban J connectivity index is 2.77. The van der Waals surface area contributed by atoms with Gasteiger partial charge in [0.25, 0.3) is 0 Å². The van der Waals surface area contributed by atoms with Crippen molar-refractivity contribution in [3.8, 4) is 0 Å². The highest BCUT2D eigenvalue weighted by Crippen LogP contribution is 2.02. The molecule has 1 aromatic rings. The van der Waals surface area contributed by atoms with Crippen LogP contribution in [0.15, 0.2) is 0 Å². The highest BCUT2D eigenvalue weighted by molar-refractivity contribution is 4.90. The topological polar surface area (TPSA) is 61.8 Å². The van der Waals surface area contributed by atoms with Crippen molar-refractivity contribution in [2.75, 3.05) is 0 Å². The van der Waals surface area contributed by atoms with E-state index >= 15 is 0 Å². The smallest absolute Gasteiger partial charge is 0.140 e. The molecule has 1 radical (unpaired) electrons. The van der Waals surface area contributed by atoms with E-state index in [0.717, 1.165) is 0 Å². The lowest BCUT2D eigenvalue weighted by Gasteiger charge is -1.93. The van der Waals surface area contributed by atoms with E-state index in [0.29, 0.717) is 5.69 Å². The lowest BCUT2D eigenvalue weighted by atomic mass is 10.3. The molecule has 43 valence electrons. The van der Waals surface area contributed by atoms with Gasteiger partial charge in [0.1, 0.15) is 6.20 Å². The maximum absolute atomic E-state index is 8.77. The number of aliphatic hydroxyl groups excluding tert-OH is 1. The molecular formula is C4H6N3O. The summed E-state index contributed by atoms with van der Waals surface area (Å²) in [5, 5.41) is 17.9. The highest BCUT2D eigenvalue weighted by atomic mass is 16.3. The predicted molar refractivity (Wildman–Crippen MR) is 25.9 cm³/mol. The van der Waals surface area contributed by atoms with E-state index in [1.165, 1.54) is 0 Å². The molecule has 0 aliphatic carbocycles. The molecule has 1 unspecified atom stereocenters. The Hall–Kier alpha value is -0.900. The molecule has 0 aromatic carbocycles. The van der Waals surface area contributed by atoms with Crippen molar-refractivity contribution in [3.05, 3.63) is 11.9 Å². The second kappa shape index (κ2) is 1.92. The Morgan fingerprint density at radius 3 is 2.88 bits per heavy atom. The summed E-state index contributed by atoms with van der Waals surface area (Å²) in [7, 11) is 0. The largest absolute Gasteiger partial charge is 0.387 e. The van der Waals surface area contributed by atoms with Crippen LogP contribution in [0.2, 0.25) is 0 Å². The number of nitrogens with zero attached hydrogens (tertiary/aromatic N) is 2. The fourth-order valence-corrected chi connectivity index (χ4v) is 0.370. The van der Waals surface area contributed by atoms with Gasteiger partial charge in [0.2, 0.25) is 0 Å². The first-order chi connectivity index (χ1) is 3.80. The fourth-order valence-electron chi connectivity index (χ4n) is 0.370. The van der Waals surface area contributed by atoms with Gasteiger partial charge in [-0.3, -0.25) is 5.10 Å². The maximum atomic E-state index is 8.77. The normalized spacial score (nSPS) is 13.8. The Bertz CT molecular complexity index is 146. The summed E-state index contributed by atoms with van der Waals surface area (Å²) in [6.45, 7) is 1.62. The van der Waals surface area contributed by atoms with E-state index in [1.807, 2.05) is 0 Å². The predicted octanol–water partition coefficient (Wildman–Crippen LogP) is -0.342. The lowest BCUT2D eigenvalue weighted by Crippen LogP contribution is -1.89. The van der Waals surface area contributed by atoms with Crippen molar-refractivity contribution >= 4 is 0 Å². The van der Waals surface area contributed by atoms with Crippen molar-refractivity contribution in [1.82, 2.24) is 15.4 Å². The van der Waals surface area contributed by atoms with Crippen LogP contribution in [0.5, 0.6) is 0 Å². The number of H-pyrrole nitrogens is 1. The van der Waals surface area contributed by atoms with Crippen LogP contribution in [0, 0.1) is 6.20 Å². The third kappa shape index (κ3) is 0.840. The molecule has 1 rings (SSSR count). The van der Waals surface area contributed by atoms with Crippen LogP contribution in [0.1, 0.15) is 18.7 Å². The minimum Gasteiger partial charge on any atom is -0.387 e. The number of nitrogens with one attached hydrogen (secondary N) is 1. The molecule has 0 spiro atoms. The molecule has 0 fully saturated rings. The Morgan fingerprint density at radius 2 is 2.62 bits per heavy atom. The van der Waals surface area contributed by atoms with Gasteiger partial charge < -0.3 is 5.11 Å². The molecular weight excluding hydrogens is 106 g/mol. The number of aromatic amines is 1. The molecule has 4 heteroatoms. The summed E-state index contributed by atoms with van der Waals surface area (Å²) in [5.74, 6) is 0. The number of aromatic nitrogens is 3. The first kappa shape index (κ1) is 5.24.